The standard InChI is InChI=1S/C16H18ClNO2/c1-2-9-20-15-6-4-14(5-7-15)18-11-12-10-13(17)3-8-16(12)19/h3-8,10,18-19H,2,9,11H2,1H3. The molecule has 0 heterocycles. The number of benzene rings is 2. The average molecular weight is 292 g/mol. The van der Waals surface area contributed by atoms with Crippen LogP contribution in [0.15, 0.2) is 42.5 Å². The van der Waals surface area contributed by atoms with Gasteiger partial charge in [-0.25, -0.2) is 0 Å². The highest BCUT2D eigenvalue weighted by atomic mass is 35.5. The summed E-state index contributed by atoms with van der Waals surface area (Å²) in [5.41, 5.74) is 1.73. The first kappa shape index (κ1) is 14.5. The van der Waals surface area contributed by atoms with E-state index in [1.54, 1.807) is 18.2 Å². The van der Waals surface area contributed by atoms with E-state index in [9.17, 15) is 5.11 Å². The molecule has 0 radical (unpaired) electrons. The largest absolute Gasteiger partial charge is 0.508 e. The molecule has 20 heavy (non-hydrogen) atoms. The van der Waals surface area contributed by atoms with E-state index >= 15 is 0 Å². The van der Waals surface area contributed by atoms with Gasteiger partial charge in [-0.05, 0) is 48.9 Å². The van der Waals surface area contributed by atoms with Gasteiger partial charge < -0.3 is 15.2 Å². The molecule has 0 unspecified atom stereocenters. The second-order valence-corrected chi connectivity index (χ2v) is 4.94. The zero-order valence-electron chi connectivity index (χ0n) is 11.4. The van der Waals surface area contributed by atoms with Gasteiger partial charge in [-0.2, -0.15) is 0 Å². The van der Waals surface area contributed by atoms with Crippen LogP contribution in [-0.2, 0) is 6.54 Å². The number of phenols is 1. The van der Waals surface area contributed by atoms with Crippen molar-refractivity contribution >= 4 is 17.3 Å². The van der Waals surface area contributed by atoms with E-state index in [1.807, 2.05) is 24.3 Å². The molecule has 3 nitrogen and oxygen atoms in total. The number of hydrogen-bond acceptors (Lipinski definition) is 3. The molecule has 0 aromatic heterocycles. The Bertz CT molecular complexity index is 555. The molecule has 2 aromatic rings. The molecule has 106 valence electrons. The molecule has 0 aliphatic carbocycles. The lowest BCUT2D eigenvalue weighted by molar-refractivity contribution is 0.317. The van der Waals surface area contributed by atoms with Crippen molar-refractivity contribution in [2.75, 3.05) is 11.9 Å². The van der Waals surface area contributed by atoms with Crippen molar-refractivity contribution in [3.05, 3.63) is 53.1 Å². The number of phenolic OH excluding ortho intramolecular Hbond substituents is 1. The third-order valence-corrected chi connectivity index (χ3v) is 3.09. The van der Waals surface area contributed by atoms with Gasteiger partial charge >= 0.3 is 0 Å². The summed E-state index contributed by atoms with van der Waals surface area (Å²) in [5, 5.41) is 13.6. The Balaban J connectivity index is 1.95. The van der Waals surface area contributed by atoms with Crippen LogP contribution in [0.3, 0.4) is 0 Å². The SMILES string of the molecule is CCCOc1ccc(NCc2cc(Cl)ccc2O)cc1. The van der Waals surface area contributed by atoms with Gasteiger partial charge in [0.05, 0.1) is 6.61 Å². The van der Waals surface area contributed by atoms with Crippen molar-refractivity contribution < 1.29 is 9.84 Å². The van der Waals surface area contributed by atoms with E-state index in [-0.39, 0.29) is 5.75 Å². The van der Waals surface area contributed by atoms with Crippen LogP contribution >= 0.6 is 11.6 Å². The Morgan fingerprint density at radius 1 is 1.15 bits per heavy atom. The van der Waals surface area contributed by atoms with Crippen LogP contribution in [0.5, 0.6) is 11.5 Å². The maximum absolute atomic E-state index is 9.74. The molecular formula is C16H18ClNO2. The van der Waals surface area contributed by atoms with Crippen LogP contribution in [0.4, 0.5) is 5.69 Å². The van der Waals surface area contributed by atoms with Crippen molar-refractivity contribution in [2.45, 2.75) is 19.9 Å². The van der Waals surface area contributed by atoms with Crippen LogP contribution in [0.25, 0.3) is 0 Å². The second-order valence-electron chi connectivity index (χ2n) is 4.50. The number of rotatable bonds is 6. The minimum atomic E-state index is 0.241. The van der Waals surface area contributed by atoms with Gasteiger partial charge in [-0.15, -0.1) is 0 Å². The fourth-order valence-electron chi connectivity index (χ4n) is 1.78. The maximum atomic E-state index is 9.74. The number of nitrogens with one attached hydrogen (secondary N) is 1. The molecule has 4 heteroatoms. The predicted octanol–water partition coefficient (Wildman–Crippen LogP) is 4.45. The molecule has 0 aliphatic heterocycles. The Labute approximate surface area is 124 Å². The first-order chi connectivity index (χ1) is 9.69. The van der Waals surface area contributed by atoms with Crippen LogP contribution in [0.2, 0.25) is 5.02 Å². The molecule has 2 rings (SSSR count). The predicted molar refractivity (Wildman–Crippen MR) is 82.7 cm³/mol. The van der Waals surface area contributed by atoms with Crippen LogP contribution < -0.4 is 10.1 Å². The molecule has 2 aromatic carbocycles. The van der Waals surface area contributed by atoms with Crippen LogP contribution in [0.1, 0.15) is 18.9 Å². The molecule has 0 saturated carbocycles. The molecule has 0 atom stereocenters. The lowest BCUT2D eigenvalue weighted by Gasteiger charge is -2.10. The molecule has 2 N–H and O–H groups in total. The number of hydrogen-bond donors (Lipinski definition) is 2. The van der Waals surface area contributed by atoms with Crippen molar-refractivity contribution in [2.24, 2.45) is 0 Å². The zero-order chi connectivity index (χ0) is 14.4. The van der Waals surface area contributed by atoms with Crippen molar-refractivity contribution in [1.82, 2.24) is 0 Å². The minimum Gasteiger partial charge on any atom is -0.508 e. The van der Waals surface area contributed by atoms with Crippen LogP contribution in [0, 0.1) is 0 Å². The zero-order valence-corrected chi connectivity index (χ0v) is 12.2. The Hall–Kier alpha value is -1.87. The van der Waals surface area contributed by atoms with Gasteiger partial charge in [0, 0.05) is 22.8 Å². The highest BCUT2D eigenvalue weighted by molar-refractivity contribution is 6.30. The van der Waals surface area contributed by atoms with Gasteiger partial charge in [0.25, 0.3) is 0 Å². The Morgan fingerprint density at radius 2 is 1.90 bits per heavy atom. The molecule has 0 bridgehead atoms. The van der Waals surface area contributed by atoms with E-state index < -0.39 is 0 Å². The molecule has 0 spiro atoms. The fraction of sp³-hybridized carbons (Fsp3) is 0.250. The molecular weight excluding hydrogens is 274 g/mol. The summed E-state index contributed by atoms with van der Waals surface area (Å²) < 4.78 is 5.52. The summed E-state index contributed by atoms with van der Waals surface area (Å²) in [6.45, 7) is 3.32. The normalized spacial score (nSPS) is 10.3. The fourth-order valence-corrected chi connectivity index (χ4v) is 1.98. The summed E-state index contributed by atoms with van der Waals surface area (Å²) >= 11 is 5.91. The lowest BCUT2D eigenvalue weighted by Crippen LogP contribution is -2.00. The van der Waals surface area contributed by atoms with E-state index in [0.29, 0.717) is 11.6 Å². The third kappa shape index (κ3) is 4.07. The number of anilines is 1. The van der Waals surface area contributed by atoms with Gasteiger partial charge in [-0.3, -0.25) is 0 Å². The number of ether oxygens (including phenoxy) is 1. The molecule has 0 saturated heterocycles. The summed E-state index contributed by atoms with van der Waals surface area (Å²) in [7, 11) is 0. The Morgan fingerprint density at radius 3 is 2.60 bits per heavy atom. The highest BCUT2D eigenvalue weighted by Crippen LogP contribution is 2.23. The van der Waals surface area contributed by atoms with Gasteiger partial charge in [0.1, 0.15) is 11.5 Å². The minimum absolute atomic E-state index is 0.241. The number of aromatic hydroxyl groups is 1. The molecule has 0 fully saturated rings. The van der Waals surface area contributed by atoms with E-state index in [0.717, 1.165) is 30.0 Å². The van der Waals surface area contributed by atoms with E-state index in [1.165, 1.54) is 0 Å². The molecule has 0 amide bonds. The summed E-state index contributed by atoms with van der Waals surface area (Å²) in [4.78, 5) is 0. The van der Waals surface area contributed by atoms with Gasteiger partial charge in [0.15, 0.2) is 0 Å². The number of halogens is 1. The maximum Gasteiger partial charge on any atom is 0.120 e. The smallest absolute Gasteiger partial charge is 0.120 e. The van der Waals surface area contributed by atoms with E-state index in [2.05, 4.69) is 12.2 Å². The van der Waals surface area contributed by atoms with Crippen LogP contribution in [-0.4, -0.2) is 11.7 Å². The first-order valence-electron chi connectivity index (χ1n) is 6.63. The van der Waals surface area contributed by atoms with Gasteiger partial charge in [0.2, 0.25) is 0 Å². The monoisotopic (exact) mass is 291 g/mol. The summed E-state index contributed by atoms with van der Waals surface area (Å²) in [6, 6.07) is 12.8. The van der Waals surface area contributed by atoms with Crippen molar-refractivity contribution in [3.8, 4) is 11.5 Å². The summed E-state index contributed by atoms with van der Waals surface area (Å²) in [5.74, 6) is 1.10. The average Bonchev–Trinajstić information content (AvgIpc) is 2.47. The van der Waals surface area contributed by atoms with Crippen molar-refractivity contribution in [3.63, 3.8) is 0 Å². The van der Waals surface area contributed by atoms with Gasteiger partial charge in [-0.1, -0.05) is 18.5 Å². The van der Waals surface area contributed by atoms with Crippen molar-refractivity contribution in [1.29, 1.82) is 0 Å². The Kier molecular flexibility index (Phi) is 5.13. The summed E-state index contributed by atoms with van der Waals surface area (Å²) in [6.07, 6.45) is 0.994. The quantitative estimate of drug-likeness (QED) is 0.826. The second kappa shape index (κ2) is 7.06. The molecule has 0 aliphatic rings. The third-order valence-electron chi connectivity index (χ3n) is 2.85. The highest BCUT2D eigenvalue weighted by Gasteiger charge is 2.02. The first-order valence-corrected chi connectivity index (χ1v) is 7.01. The topological polar surface area (TPSA) is 41.5 Å². The van der Waals surface area contributed by atoms with E-state index in [4.69, 9.17) is 16.3 Å². The lowest BCUT2D eigenvalue weighted by atomic mass is 10.2.